The molecule has 204 valence electrons. The first-order valence-corrected chi connectivity index (χ1v) is 12.9. The fourth-order valence-electron chi connectivity index (χ4n) is 4.71. The molecule has 0 saturated heterocycles. The summed E-state index contributed by atoms with van der Waals surface area (Å²) in [6, 6.07) is 24.0. The van der Waals surface area contributed by atoms with E-state index in [1.165, 1.54) is 12.1 Å². The second kappa shape index (κ2) is 11.4. The van der Waals surface area contributed by atoms with Crippen LogP contribution >= 0.6 is 11.6 Å². The van der Waals surface area contributed by atoms with Gasteiger partial charge < -0.3 is 15.4 Å². The Morgan fingerprint density at radius 2 is 1.57 bits per heavy atom. The molecule has 1 aliphatic rings. The van der Waals surface area contributed by atoms with Crippen LogP contribution in [0.4, 0.5) is 23.7 Å². The maximum absolute atomic E-state index is 13.2. The standard InChI is InChI=1S/C31H24ClF3N2O3/c32-24-12-5-19(6-13-24)18-40-30(39)37-26-15-21-9-14-25(16-22(21)17-26)36-29(38)28-4-2-1-3-27(28)20-7-10-23(11-8-20)31(33,34)35/h1-14,16,26H,15,17-18H2,(H,36,38)(H,37,39). The predicted molar refractivity (Wildman–Crippen MR) is 147 cm³/mol. The van der Waals surface area contributed by atoms with E-state index in [1.54, 1.807) is 54.6 Å². The fourth-order valence-corrected chi connectivity index (χ4v) is 4.83. The number of fused-ring (bicyclic) bond motifs is 1. The van der Waals surface area contributed by atoms with Gasteiger partial charge in [-0.05, 0) is 83.1 Å². The van der Waals surface area contributed by atoms with Crippen molar-refractivity contribution in [3.63, 3.8) is 0 Å². The highest BCUT2D eigenvalue weighted by Crippen LogP contribution is 2.32. The Morgan fingerprint density at radius 3 is 2.30 bits per heavy atom. The molecule has 1 atom stereocenters. The summed E-state index contributed by atoms with van der Waals surface area (Å²) in [5.41, 5.74) is 4.08. The van der Waals surface area contributed by atoms with Gasteiger partial charge in [-0.3, -0.25) is 4.79 Å². The summed E-state index contributed by atoms with van der Waals surface area (Å²) >= 11 is 5.88. The van der Waals surface area contributed by atoms with Gasteiger partial charge in [-0.15, -0.1) is 0 Å². The van der Waals surface area contributed by atoms with E-state index in [2.05, 4.69) is 10.6 Å². The summed E-state index contributed by atoms with van der Waals surface area (Å²) in [5, 5.41) is 6.39. The van der Waals surface area contributed by atoms with Gasteiger partial charge in [0.2, 0.25) is 0 Å². The van der Waals surface area contributed by atoms with Crippen molar-refractivity contribution < 1.29 is 27.5 Å². The second-order valence-corrected chi connectivity index (χ2v) is 9.95. The number of hydrogen-bond acceptors (Lipinski definition) is 3. The number of alkyl carbamates (subject to hydrolysis) is 1. The highest BCUT2D eigenvalue weighted by atomic mass is 35.5. The Balaban J connectivity index is 1.21. The van der Waals surface area contributed by atoms with E-state index in [0.29, 0.717) is 40.2 Å². The number of carbonyl (C=O) groups is 2. The van der Waals surface area contributed by atoms with E-state index in [1.807, 2.05) is 12.1 Å². The van der Waals surface area contributed by atoms with E-state index in [9.17, 15) is 22.8 Å². The monoisotopic (exact) mass is 564 g/mol. The minimum absolute atomic E-state index is 0.132. The van der Waals surface area contributed by atoms with Crippen molar-refractivity contribution in [1.29, 1.82) is 0 Å². The van der Waals surface area contributed by atoms with Gasteiger partial charge in [0.15, 0.2) is 0 Å². The molecule has 0 fully saturated rings. The number of alkyl halides is 3. The second-order valence-electron chi connectivity index (χ2n) is 9.51. The molecule has 0 spiro atoms. The molecule has 2 amide bonds. The van der Waals surface area contributed by atoms with E-state index < -0.39 is 17.8 Å². The van der Waals surface area contributed by atoms with Crippen molar-refractivity contribution in [1.82, 2.24) is 5.32 Å². The number of carbonyl (C=O) groups excluding carboxylic acids is 2. The van der Waals surface area contributed by atoms with Gasteiger partial charge >= 0.3 is 12.3 Å². The van der Waals surface area contributed by atoms with Crippen molar-refractivity contribution in [3.05, 3.63) is 124 Å². The Bertz CT molecular complexity index is 1540. The molecule has 0 radical (unpaired) electrons. The zero-order valence-corrected chi connectivity index (χ0v) is 21.9. The molecule has 0 aliphatic heterocycles. The Kier molecular flexibility index (Phi) is 7.80. The molecule has 4 aromatic rings. The third-order valence-electron chi connectivity index (χ3n) is 6.70. The lowest BCUT2D eigenvalue weighted by Gasteiger charge is -2.13. The smallest absolute Gasteiger partial charge is 0.416 e. The van der Waals surface area contributed by atoms with Crippen LogP contribution in [-0.4, -0.2) is 18.0 Å². The molecule has 1 aliphatic carbocycles. The molecule has 2 N–H and O–H groups in total. The van der Waals surface area contributed by atoms with Crippen molar-refractivity contribution in [2.45, 2.75) is 31.7 Å². The minimum Gasteiger partial charge on any atom is -0.445 e. The van der Waals surface area contributed by atoms with Crippen LogP contribution in [0.2, 0.25) is 5.02 Å². The van der Waals surface area contributed by atoms with Crippen LogP contribution in [0.25, 0.3) is 11.1 Å². The number of halogens is 4. The lowest BCUT2D eigenvalue weighted by atomic mass is 9.98. The molecule has 40 heavy (non-hydrogen) atoms. The van der Waals surface area contributed by atoms with Crippen LogP contribution in [0.1, 0.15) is 32.6 Å². The minimum atomic E-state index is -4.44. The summed E-state index contributed by atoms with van der Waals surface area (Å²) in [6.07, 6.45) is -3.73. The molecule has 9 heteroatoms. The molecule has 0 aromatic heterocycles. The largest absolute Gasteiger partial charge is 0.445 e. The normalized spacial score (nSPS) is 14.3. The van der Waals surface area contributed by atoms with Crippen molar-refractivity contribution in [2.24, 2.45) is 0 Å². The van der Waals surface area contributed by atoms with Crippen molar-refractivity contribution >= 4 is 29.3 Å². The summed E-state index contributed by atoms with van der Waals surface area (Å²) in [7, 11) is 0. The molecular weight excluding hydrogens is 541 g/mol. The van der Waals surface area contributed by atoms with Gasteiger partial charge in [-0.2, -0.15) is 13.2 Å². The van der Waals surface area contributed by atoms with Gasteiger partial charge in [-0.25, -0.2) is 4.79 Å². The van der Waals surface area contributed by atoms with E-state index in [4.69, 9.17) is 16.3 Å². The number of hydrogen-bond donors (Lipinski definition) is 2. The number of anilines is 1. The van der Waals surface area contributed by atoms with Crippen LogP contribution < -0.4 is 10.6 Å². The van der Waals surface area contributed by atoms with Gasteiger partial charge in [-0.1, -0.05) is 60.1 Å². The van der Waals surface area contributed by atoms with Crippen LogP contribution in [0.3, 0.4) is 0 Å². The zero-order chi connectivity index (χ0) is 28.3. The number of ether oxygens (including phenoxy) is 1. The first-order valence-electron chi connectivity index (χ1n) is 12.5. The molecule has 0 bridgehead atoms. The van der Waals surface area contributed by atoms with E-state index in [-0.39, 0.29) is 18.6 Å². The van der Waals surface area contributed by atoms with E-state index in [0.717, 1.165) is 28.8 Å². The van der Waals surface area contributed by atoms with Crippen LogP contribution in [0.5, 0.6) is 0 Å². The quantitative estimate of drug-likeness (QED) is 0.252. The number of amides is 2. The molecular formula is C31H24ClF3N2O3. The third-order valence-corrected chi connectivity index (χ3v) is 6.95. The Hall–Kier alpha value is -4.30. The molecule has 5 rings (SSSR count). The van der Waals surface area contributed by atoms with Gasteiger partial charge in [0, 0.05) is 22.3 Å². The van der Waals surface area contributed by atoms with Crippen LogP contribution in [0.15, 0.2) is 91.0 Å². The third kappa shape index (κ3) is 6.46. The fraction of sp³-hybridized carbons (Fsp3) is 0.161. The topological polar surface area (TPSA) is 67.4 Å². The zero-order valence-electron chi connectivity index (χ0n) is 21.1. The molecule has 5 nitrogen and oxygen atoms in total. The van der Waals surface area contributed by atoms with Crippen molar-refractivity contribution in [2.75, 3.05) is 5.32 Å². The number of nitrogens with one attached hydrogen (secondary N) is 2. The molecule has 4 aromatic carbocycles. The molecule has 0 saturated carbocycles. The predicted octanol–water partition coefficient (Wildman–Crippen LogP) is 7.67. The summed E-state index contributed by atoms with van der Waals surface area (Å²) in [5.74, 6) is -0.381. The van der Waals surface area contributed by atoms with Gasteiger partial charge in [0.1, 0.15) is 6.61 Å². The molecule has 0 heterocycles. The maximum Gasteiger partial charge on any atom is 0.416 e. The Labute approximate surface area is 233 Å². The lowest BCUT2D eigenvalue weighted by molar-refractivity contribution is -0.137. The number of benzene rings is 4. The average Bonchev–Trinajstić information content (AvgIpc) is 3.33. The molecule has 1 unspecified atom stereocenters. The highest BCUT2D eigenvalue weighted by Gasteiger charge is 2.30. The van der Waals surface area contributed by atoms with Crippen LogP contribution in [-0.2, 0) is 30.4 Å². The Morgan fingerprint density at radius 1 is 0.875 bits per heavy atom. The van der Waals surface area contributed by atoms with Crippen molar-refractivity contribution in [3.8, 4) is 11.1 Å². The summed E-state index contributed by atoms with van der Waals surface area (Å²) in [4.78, 5) is 25.5. The average molecular weight is 565 g/mol. The SMILES string of the molecule is O=C(NC1Cc2ccc(NC(=O)c3ccccc3-c3ccc(C(F)(F)F)cc3)cc2C1)OCc1ccc(Cl)cc1. The number of rotatable bonds is 6. The van der Waals surface area contributed by atoms with Crippen LogP contribution in [0, 0.1) is 0 Å². The van der Waals surface area contributed by atoms with Gasteiger partial charge in [0.25, 0.3) is 5.91 Å². The summed E-state index contributed by atoms with van der Waals surface area (Å²) < 4.78 is 44.2. The maximum atomic E-state index is 13.2. The summed E-state index contributed by atoms with van der Waals surface area (Å²) in [6.45, 7) is 0.132. The highest BCUT2D eigenvalue weighted by molar-refractivity contribution is 6.30. The lowest BCUT2D eigenvalue weighted by Crippen LogP contribution is -2.35. The van der Waals surface area contributed by atoms with Gasteiger partial charge in [0.05, 0.1) is 5.56 Å². The first-order chi connectivity index (χ1) is 19.2. The van der Waals surface area contributed by atoms with E-state index >= 15 is 0 Å². The first kappa shape index (κ1) is 27.3.